The Bertz CT molecular complexity index is 917. The summed E-state index contributed by atoms with van der Waals surface area (Å²) >= 11 is 0. The number of piperidine rings is 1. The Morgan fingerprint density at radius 2 is 1.67 bits per heavy atom. The molecule has 1 heterocycles. The first kappa shape index (κ1) is 21.3. The number of esters is 1. The first-order valence-corrected chi connectivity index (χ1v) is 12.6. The molecular weight excluding hydrogens is 404 g/mol. The summed E-state index contributed by atoms with van der Waals surface area (Å²) in [6.07, 6.45) is 7.01. The van der Waals surface area contributed by atoms with Crippen LogP contribution in [0.15, 0.2) is 6.07 Å². The molecule has 1 saturated heterocycles. The van der Waals surface area contributed by atoms with E-state index in [1.165, 1.54) is 29.4 Å². The van der Waals surface area contributed by atoms with Gasteiger partial charge in [0.25, 0.3) is 0 Å². The van der Waals surface area contributed by atoms with Gasteiger partial charge in [0, 0.05) is 5.69 Å². The van der Waals surface area contributed by atoms with Crippen molar-refractivity contribution in [1.82, 2.24) is 4.90 Å². The van der Waals surface area contributed by atoms with Crippen molar-refractivity contribution in [1.29, 1.82) is 0 Å². The summed E-state index contributed by atoms with van der Waals surface area (Å²) in [5.74, 6) is -1.23. The molecule has 0 spiro atoms. The maximum absolute atomic E-state index is 12.9. The summed E-state index contributed by atoms with van der Waals surface area (Å²) in [6, 6.07) is 2.29. The van der Waals surface area contributed by atoms with Crippen LogP contribution in [0.5, 0.6) is 0 Å². The number of ether oxygens (including phenoxy) is 1. The van der Waals surface area contributed by atoms with E-state index in [9.17, 15) is 18.0 Å². The smallest absolute Gasteiger partial charge is 0.319 e. The lowest BCUT2D eigenvalue weighted by molar-refractivity contribution is -0.142. The summed E-state index contributed by atoms with van der Waals surface area (Å²) in [4.78, 5) is 26.1. The highest BCUT2D eigenvalue weighted by atomic mass is 32.2. The number of hydrogen-bond donors (Lipinski definition) is 1. The second-order valence-electron chi connectivity index (χ2n) is 8.64. The molecule has 1 aromatic carbocycles. The van der Waals surface area contributed by atoms with E-state index in [-0.39, 0.29) is 12.5 Å². The fourth-order valence-corrected chi connectivity index (χ4v) is 6.72. The molecule has 7 nitrogen and oxygen atoms in total. The van der Waals surface area contributed by atoms with Crippen LogP contribution in [0.2, 0.25) is 0 Å². The van der Waals surface area contributed by atoms with Gasteiger partial charge in [-0.2, -0.15) is 0 Å². The third kappa shape index (κ3) is 4.39. The summed E-state index contributed by atoms with van der Waals surface area (Å²) in [7, 11) is -2.20. The zero-order valence-corrected chi connectivity index (χ0v) is 18.4. The number of nitrogens with one attached hydrogen (secondary N) is 1. The molecule has 1 amide bonds. The van der Waals surface area contributed by atoms with Gasteiger partial charge >= 0.3 is 5.97 Å². The molecule has 0 atom stereocenters. The van der Waals surface area contributed by atoms with Gasteiger partial charge in [0.1, 0.15) is 5.75 Å². The molecule has 164 valence electrons. The van der Waals surface area contributed by atoms with Crippen LogP contribution in [0.25, 0.3) is 0 Å². The molecule has 1 aromatic rings. The number of amides is 1. The van der Waals surface area contributed by atoms with E-state index in [0.717, 1.165) is 44.2 Å². The van der Waals surface area contributed by atoms with Crippen molar-refractivity contribution in [2.45, 2.75) is 56.6 Å². The SMILES string of the molecule is COC(=O)CN1CCC(S(=O)(=O)CC(=O)Nc2c3c(cc4c2CCC4)CCC3)CC1. The molecule has 0 radical (unpaired) electrons. The topological polar surface area (TPSA) is 92.8 Å². The molecule has 0 unspecified atom stereocenters. The quantitative estimate of drug-likeness (QED) is 0.685. The molecule has 1 fully saturated rings. The lowest BCUT2D eigenvalue weighted by atomic mass is 9.98. The zero-order chi connectivity index (χ0) is 21.3. The Morgan fingerprint density at radius 1 is 1.07 bits per heavy atom. The number of benzene rings is 1. The van der Waals surface area contributed by atoms with Crippen LogP contribution in [0.1, 0.15) is 47.9 Å². The number of carbonyl (C=O) groups excluding carboxylic acids is 2. The third-order valence-corrected chi connectivity index (χ3v) is 8.84. The van der Waals surface area contributed by atoms with Crippen molar-refractivity contribution in [3.63, 3.8) is 0 Å². The van der Waals surface area contributed by atoms with E-state index in [0.29, 0.717) is 25.9 Å². The minimum atomic E-state index is -3.54. The number of anilines is 1. The number of likely N-dealkylation sites (tertiary alicyclic amines) is 1. The Morgan fingerprint density at radius 3 is 2.23 bits per heavy atom. The fraction of sp³-hybridized carbons (Fsp3) is 0.636. The van der Waals surface area contributed by atoms with Gasteiger partial charge in [0.2, 0.25) is 5.91 Å². The van der Waals surface area contributed by atoms with Gasteiger partial charge in [-0.25, -0.2) is 8.42 Å². The summed E-state index contributed by atoms with van der Waals surface area (Å²) < 4.78 is 30.4. The van der Waals surface area contributed by atoms with Crippen LogP contribution >= 0.6 is 0 Å². The van der Waals surface area contributed by atoms with Crippen molar-refractivity contribution in [3.8, 4) is 0 Å². The molecular formula is C22H30N2O5S. The van der Waals surface area contributed by atoms with Crippen LogP contribution in [0.3, 0.4) is 0 Å². The highest BCUT2D eigenvalue weighted by Crippen LogP contribution is 2.38. The highest BCUT2D eigenvalue weighted by molar-refractivity contribution is 7.92. The van der Waals surface area contributed by atoms with Crippen LogP contribution < -0.4 is 5.32 Å². The van der Waals surface area contributed by atoms with Crippen molar-refractivity contribution < 1.29 is 22.7 Å². The van der Waals surface area contributed by atoms with Gasteiger partial charge < -0.3 is 10.1 Å². The lowest BCUT2D eigenvalue weighted by Gasteiger charge is -2.30. The minimum absolute atomic E-state index is 0.175. The summed E-state index contributed by atoms with van der Waals surface area (Å²) in [5, 5.41) is 2.45. The van der Waals surface area contributed by atoms with Gasteiger partial charge in [0.15, 0.2) is 9.84 Å². The van der Waals surface area contributed by atoms with Crippen molar-refractivity contribution in [2.75, 3.05) is 37.8 Å². The second kappa shape index (κ2) is 8.67. The standard InChI is InChI=1S/C22H30N2O5S/c1-29-21(26)13-24-10-8-17(9-11-24)30(27,28)14-20(25)23-22-18-6-2-4-15(18)12-16-5-3-7-19(16)22/h12,17H,2-11,13-14H2,1H3,(H,23,25). The molecule has 0 aromatic heterocycles. The number of hydrogen-bond acceptors (Lipinski definition) is 6. The normalized spacial score (nSPS) is 19.4. The molecule has 2 aliphatic carbocycles. The number of sulfone groups is 1. The van der Waals surface area contributed by atoms with E-state index >= 15 is 0 Å². The van der Waals surface area contributed by atoms with Crippen molar-refractivity contribution >= 4 is 27.4 Å². The number of nitrogens with zero attached hydrogens (tertiary/aromatic N) is 1. The van der Waals surface area contributed by atoms with E-state index in [1.807, 2.05) is 4.90 Å². The number of aryl methyl sites for hydroxylation is 2. The Labute approximate surface area is 178 Å². The summed E-state index contributed by atoms with van der Waals surface area (Å²) in [5.41, 5.74) is 5.93. The largest absolute Gasteiger partial charge is 0.468 e. The highest BCUT2D eigenvalue weighted by Gasteiger charge is 2.33. The number of rotatable bonds is 6. The monoisotopic (exact) mass is 434 g/mol. The Balaban J connectivity index is 1.40. The van der Waals surface area contributed by atoms with Crippen molar-refractivity contribution in [3.05, 3.63) is 28.3 Å². The number of carbonyl (C=O) groups is 2. The van der Waals surface area contributed by atoms with Crippen LogP contribution in [0, 0.1) is 0 Å². The predicted molar refractivity (Wildman–Crippen MR) is 114 cm³/mol. The van der Waals surface area contributed by atoms with Gasteiger partial charge in [-0.1, -0.05) is 6.07 Å². The Hall–Kier alpha value is -1.93. The van der Waals surface area contributed by atoms with Crippen molar-refractivity contribution in [2.24, 2.45) is 0 Å². The molecule has 1 N–H and O–H groups in total. The summed E-state index contributed by atoms with van der Waals surface area (Å²) in [6.45, 7) is 1.20. The predicted octanol–water partition coefficient (Wildman–Crippen LogP) is 1.65. The molecule has 1 aliphatic heterocycles. The molecule has 30 heavy (non-hydrogen) atoms. The van der Waals surface area contributed by atoms with Gasteiger partial charge in [-0.15, -0.1) is 0 Å². The van der Waals surface area contributed by atoms with Gasteiger partial charge in [-0.05, 0) is 86.7 Å². The van der Waals surface area contributed by atoms with E-state index < -0.39 is 26.7 Å². The van der Waals surface area contributed by atoms with Crippen LogP contribution in [-0.4, -0.2) is 62.9 Å². The average molecular weight is 435 g/mol. The molecule has 0 bridgehead atoms. The zero-order valence-electron chi connectivity index (χ0n) is 17.5. The van der Waals surface area contributed by atoms with Gasteiger partial charge in [-0.3, -0.25) is 14.5 Å². The van der Waals surface area contributed by atoms with Crippen LogP contribution in [-0.2, 0) is 49.8 Å². The first-order valence-electron chi connectivity index (χ1n) is 10.8. The number of methoxy groups -OCH3 is 1. The van der Waals surface area contributed by atoms with E-state index in [1.54, 1.807) is 0 Å². The molecule has 4 rings (SSSR count). The molecule has 0 saturated carbocycles. The third-order valence-electron chi connectivity index (χ3n) is 6.69. The van der Waals surface area contributed by atoms with E-state index in [4.69, 9.17) is 0 Å². The van der Waals surface area contributed by atoms with Gasteiger partial charge in [0.05, 0.1) is 18.9 Å². The minimum Gasteiger partial charge on any atom is -0.468 e. The lowest BCUT2D eigenvalue weighted by Crippen LogP contribution is -2.43. The average Bonchev–Trinajstić information content (AvgIpc) is 3.37. The second-order valence-corrected chi connectivity index (χ2v) is 10.9. The molecule has 3 aliphatic rings. The maximum atomic E-state index is 12.9. The number of fused-ring (bicyclic) bond motifs is 2. The van der Waals surface area contributed by atoms with E-state index in [2.05, 4.69) is 16.1 Å². The van der Waals surface area contributed by atoms with Crippen LogP contribution in [0.4, 0.5) is 5.69 Å². The fourth-order valence-electron chi connectivity index (χ4n) is 5.12. The first-order chi connectivity index (χ1) is 14.4. The molecule has 8 heteroatoms. The Kier molecular flexibility index (Phi) is 6.16. The maximum Gasteiger partial charge on any atom is 0.319 e.